The van der Waals surface area contributed by atoms with Crippen molar-refractivity contribution in [3.63, 3.8) is 0 Å². The summed E-state index contributed by atoms with van der Waals surface area (Å²) in [5.41, 5.74) is 2.85. The summed E-state index contributed by atoms with van der Waals surface area (Å²) in [6.45, 7) is 5.84. The minimum atomic E-state index is -0.381. The number of hydrogen-bond donors (Lipinski definition) is 2. The Morgan fingerprint density at radius 2 is 2.03 bits per heavy atom. The smallest absolute Gasteiger partial charge is 0.290 e. The van der Waals surface area contributed by atoms with Crippen molar-refractivity contribution in [1.82, 2.24) is 24.5 Å². The number of thiophene rings is 1. The van der Waals surface area contributed by atoms with Crippen LogP contribution in [0.2, 0.25) is 0 Å². The fraction of sp³-hybridized carbons (Fsp3) is 0.296. The van der Waals surface area contributed by atoms with E-state index in [2.05, 4.69) is 34.4 Å². The first-order valence-corrected chi connectivity index (χ1v) is 13.0. The highest BCUT2D eigenvalue weighted by Crippen LogP contribution is 2.43. The number of aromatic nitrogens is 5. The van der Waals surface area contributed by atoms with E-state index in [4.69, 9.17) is 4.52 Å². The number of hydrogen-bond acceptors (Lipinski definition) is 9. The van der Waals surface area contributed by atoms with Crippen LogP contribution in [0.15, 0.2) is 50.9 Å². The fourth-order valence-electron chi connectivity index (χ4n) is 5.15. The van der Waals surface area contributed by atoms with Gasteiger partial charge >= 0.3 is 0 Å². The zero-order valence-electron chi connectivity index (χ0n) is 21.4. The zero-order chi connectivity index (χ0) is 26.8. The Hall–Kier alpha value is -4.09. The van der Waals surface area contributed by atoms with Gasteiger partial charge in [0.2, 0.25) is 0 Å². The second-order valence-corrected chi connectivity index (χ2v) is 11.6. The predicted molar refractivity (Wildman–Crippen MR) is 145 cm³/mol. The van der Waals surface area contributed by atoms with Crippen LogP contribution in [0.5, 0.6) is 0 Å². The lowest BCUT2D eigenvalue weighted by atomic mass is 9.90. The van der Waals surface area contributed by atoms with Gasteiger partial charge in [-0.1, -0.05) is 19.0 Å². The Balaban J connectivity index is 1.47. The first kappa shape index (κ1) is 24.3. The summed E-state index contributed by atoms with van der Waals surface area (Å²) >= 11 is 1.52. The predicted octanol–water partition coefficient (Wildman–Crippen LogP) is 3.87. The summed E-state index contributed by atoms with van der Waals surface area (Å²) < 4.78 is 8.44. The number of aliphatic hydroxyl groups excluding tert-OH is 1. The zero-order valence-corrected chi connectivity index (χ0v) is 22.2. The van der Waals surface area contributed by atoms with Crippen molar-refractivity contribution >= 4 is 32.9 Å². The van der Waals surface area contributed by atoms with Crippen LogP contribution in [0, 0.1) is 12.3 Å². The van der Waals surface area contributed by atoms with Crippen molar-refractivity contribution in [1.29, 1.82) is 0 Å². The maximum atomic E-state index is 13.6. The Bertz CT molecular complexity index is 1840. The third kappa shape index (κ3) is 3.95. The van der Waals surface area contributed by atoms with Gasteiger partial charge in [0.05, 0.1) is 12.8 Å². The van der Waals surface area contributed by atoms with Crippen LogP contribution in [0.4, 0.5) is 11.5 Å². The Morgan fingerprint density at radius 1 is 1.21 bits per heavy atom. The lowest BCUT2D eigenvalue weighted by Gasteiger charge is -2.16. The molecular weight excluding hydrogens is 504 g/mol. The van der Waals surface area contributed by atoms with Gasteiger partial charge in [-0.2, -0.15) is 9.78 Å². The molecule has 5 aromatic heterocycles. The molecule has 0 unspecified atom stereocenters. The van der Waals surface area contributed by atoms with E-state index in [-0.39, 0.29) is 34.6 Å². The van der Waals surface area contributed by atoms with Gasteiger partial charge in [-0.15, -0.1) is 11.3 Å². The summed E-state index contributed by atoms with van der Waals surface area (Å²) in [5.74, 6) is 1.27. The molecule has 0 saturated carbocycles. The van der Waals surface area contributed by atoms with Crippen molar-refractivity contribution in [2.24, 2.45) is 12.5 Å². The first-order chi connectivity index (χ1) is 18.1. The van der Waals surface area contributed by atoms with E-state index in [1.807, 2.05) is 0 Å². The normalized spacial score (nSPS) is 14.2. The van der Waals surface area contributed by atoms with Crippen LogP contribution >= 0.6 is 11.3 Å². The second-order valence-electron chi connectivity index (χ2n) is 10.5. The van der Waals surface area contributed by atoms with E-state index in [9.17, 15) is 14.7 Å². The van der Waals surface area contributed by atoms with Crippen molar-refractivity contribution in [3.05, 3.63) is 79.3 Å². The highest BCUT2D eigenvalue weighted by atomic mass is 32.1. The van der Waals surface area contributed by atoms with E-state index < -0.39 is 0 Å². The molecule has 0 radical (unpaired) electrons. The largest absolute Gasteiger partial charge is 0.392 e. The number of pyridine rings is 2. The van der Waals surface area contributed by atoms with Crippen LogP contribution in [-0.4, -0.2) is 29.6 Å². The summed E-state index contributed by atoms with van der Waals surface area (Å²) in [6, 6.07) is 5.10. The standard InChI is InChI=1S/C27H26N6O4S/c1-14-7-22(31-37-14)30-20-8-15(12-32(4)25(20)35)16-5-6-28-24(19(16)13-34)33-26(36)23-18(11-29-33)17-9-27(2,3)10-21(17)38-23/h5-8,11-12,34H,9-10,13H2,1-4H3,(H,30,31). The third-order valence-electron chi connectivity index (χ3n) is 6.89. The molecule has 10 nitrogen and oxygen atoms in total. The van der Waals surface area contributed by atoms with Gasteiger partial charge in [-0.25, -0.2) is 4.98 Å². The Morgan fingerprint density at radius 3 is 2.76 bits per heavy atom. The number of aryl methyl sites for hydroxylation is 2. The number of anilines is 2. The number of nitrogens with one attached hydrogen (secondary N) is 1. The SMILES string of the molecule is Cc1cc(Nc2cc(-c3ccnc(-n4ncc5c6c(sc5c4=O)CC(C)(C)C6)c3CO)cn(C)c2=O)no1. The number of rotatable bonds is 5. The van der Waals surface area contributed by atoms with Gasteiger partial charge in [-0.05, 0) is 48.4 Å². The van der Waals surface area contributed by atoms with Gasteiger partial charge in [0.1, 0.15) is 16.1 Å². The van der Waals surface area contributed by atoms with Gasteiger partial charge in [0.15, 0.2) is 11.6 Å². The molecule has 11 heteroatoms. The third-order valence-corrected chi connectivity index (χ3v) is 8.13. The molecule has 194 valence electrons. The molecule has 0 saturated heterocycles. The number of aliphatic hydroxyl groups is 1. The molecule has 0 aliphatic heterocycles. The summed E-state index contributed by atoms with van der Waals surface area (Å²) in [6.07, 6.45) is 6.83. The molecule has 0 fully saturated rings. The molecule has 0 aromatic carbocycles. The molecule has 2 N–H and O–H groups in total. The van der Waals surface area contributed by atoms with Crippen LogP contribution in [0.25, 0.3) is 27.0 Å². The molecule has 5 aromatic rings. The Labute approximate surface area is 221 Å². The van der Waals surface area contributed by atoms with Crippen LogP contribution < -0.4 is 16.4 Å². The molecule has 38 heavy (non-hydrogen) atoms. The summed E-state index contributed by atoms with van der Waals surface area (Å²) in [4.78, 5) is 32.1. The molecule has 1 aliphatic carbocycles. The second kappa shape index (κ2) is 8.74. The van der Waals surface area contributed by atoms with E-state index in [0.29, 0.717) is 33.0 Å². The molecule has 0 spiro atoms. The average Bonchev–Trinajstić information content (AvgIpc) is 3.53. The molecule has 6 rings (SSSR count). The van der Waals surface area contributed by atoms with Gasteiger partial charge < -0.3 is 19.5 Å². The Kier molecular flexibility index (Phi) is 5.58. The van der Waals surface area contributed by atoms with E-state index in [0.717, 1.165) is 18.2 Å². The molecule has 5 heterocycles. The van der Waals surface area contributed by atoms with Crippen LogP contribution in [0.3, 0.4) is 0 Å². The van der Waals surface area contributed by atoms with Crippen molar-refractivity contribution in [3.8, 4) is 16.9 Å². The van der Waals surface area contributed by atoms with Crippen LogP contribution in [-0.2, 0) is 26.5 Å². The fourth-order valence-corrected chi connectivity index (χ4v) is 6.63. The van der Waals surface area contributed by atoms with Crippen molar-refractivity contribution < 1.29 is 9.63 Å². The van der Waals surface area contributed by atoms with E-state index in [1.165, 1.54) is 31.0 Å². The average molecular weight is 531 g/mol. The quantitative estimate of drug-likeness (QED) is 0.351. The highest BCUT2D eigenvalue weighted by molar-refractivity contribution is 7.19. The number of fused-ring (bicyclic) bond motifs is 3. The lowest BCUT2D eigenvalue weighted by molar-refractivity contribution is 0.281. The molecule has 1 aliphatic rings. The molecule has 0 amide bonds. The van der Waals surface area contributed by atoms with Gasteiger partial charge in [0, 0.05) is 46.9 Å². The van der Waals surface area contributed by atoms with E-state index >= 15 is 0 Å². The maximum Gasteiger partial charge on any atom is 0.290 e. The molecule has 0 atom stereocenters. The first-order valence-electron chi connectivity index (χ1n) is 12.2. The minimum Gasteiger partial charge on any atom is -0.392 e. The van der Waals surface area contributed by atoms with Crippen molar-refractivity contribution in [2.75, 3.05) is 5.32 Å². The number of nitrogens with zero attached hydrogens (tertiary/aromatic N) is 5. The maximum absolute atomic E-state index is 13.6. The highest BCUT2D eigenvalue weighted by Gasteiger charge is 2.32. The minimum absolute atomic E-state index is 0.181. The van der Waals surface area contributed by atoms with E-state index in [1.54, 1.807) is 50.8 Å². The van der Waals surface area contributed by atoms with Gasteiger partial charge in [-0.3, -0.25) is 9.59 Å². The summed E-state index contributed by atoms with van der Waals surface area (Å²) in [7, 11) is 1.64. The molecular formula is C27H26N6O4S. The lowest BCUT2D eigenvalue weighted by Crippen LogP contribution is -2.23. The monoisotopic (exact) mass is 530 g/mol. The van der Waals surface area contributed by atoms with Gasteiger partial charge in [0.25, 0.3) is 11.1 Å². The van der Waals surface area contributed by atoms with Crippen LogP contribution in [0.1, 0.15) is 35.6 Å². The summed E-state index contributed by atoms with van der Waals surface area (Å²) in [5, 5.41) is 22.7. The van der Waals surface area contributed by atoms with Crippen molar-refractivity contribution in [2.45, 2.75) is 40.2 Å². The topological polar surface area (TPSA) is 128 Å². The molecule has 0 bridgehead atoms.